The van der Waals surface area contributed by atoms with E-state index in [1.54, 1.807) is 0 Å². The molecule has 1 aliphatic heterocycles. The van der Waals surface area contributed by atoms with E-state index in [4.69, 9.17) is 0 Å². The normalized spacial score (nSPS) is 17.5. The average Bonchev–Trinajstić information content (AvgIpc) is 2.65. The molecule has 0 spiro atoms. The lowest BCUT2D eigenvalue weighted by Crippen LogP contribution is -2.42. The van der Waals surface area contributed by atoms with Crippen molar-refractivity contribution in [3.63, 3.8) is 0 Å². The van der Waals surface area contributed by atoms with Gasteiger partial charge in [-0.15, -0.1) is 0 Å². The van der Waals surface area contributed by atoms with Gasteiger partial charge in [0, 0.05) is 5.54 Å². The van der Waals surface area contributed by atoms with Gasteiger partial charge in [-0.3, -0.25) is 9.69 Å². The van der Waals surface area contributed by atoms with Crippen molar-refractivity contribution in [1.82, 2.24) is 10.2 Å². The lowest BCUT2D eigenvalue weighted by molar-refractivity contribution is -0.117. The minimum absolute atomic E-state index is 0.190. The van der Waals surface area contributed by atoms with Crippen LogP contribution in [0.3, 0.4) is 0 Å². The molecule has 0 bridgehead atoms. The Morgan fingerprint density at radius 2 is 1.65 bits per heavy atom. The van der Waals surface area contributed by atoms with Crippen molar-refractivity contribution in [2.75, 3.05) is 13.1 Å². The van der Waals surface area contributed by atoms with Crippen LogP contribution in [0.4, 0.5) is 0 Å². The zero-order valence-corrected chi connectivity index (χ0v) is 11.7. The molecule has 1 amide bonds. The third kappa shape index (κ3) is 4.79. The minimum atomic E-state index is -0.219. The lowest BCUT2D eigenvalue weighted by Gasteiger charge is -2.30. The monoisotopic (exact) mass is 236 g/mol. The Kier molecular flexibility index (Phi) is 4.21. The first-order valence-corrected chi connectivity index (χ1v) is 6.31. The van der Waals surface area contributed by atoms with Crippen molar-refractivity contribution in [2.24, 2.45) is 0 Å². The van der Waals surface area contributed by atoms with Crippen LogP contribution in [0.5, 0.6) is 0 Å². The van der Waals surface area contributed by atoms with Crippen molar-refractivity contribution in [3.8, 4) is 11.8 Å². The van der Waals surface area contributed by atoms with Crippen molar-refractivity contribution in [2.45, 2.75) is 58.5 Å². The maximum Gasteiger partial charge on any atom is 0.296 e. The molecule has 1 rings (SSSR count). The van der Waals surface area contributed by atoms with Crippen LogP contribution >= 0.6 is 0 Å². The number of hydrogen-bond acceptors (Lipinski definition) is 2. The number of likely N-dealkylation sites (tertiary alicyclic amines) is 1. The first-order valence-electron chi connectivity index (χ1n) is 6.31. The third-order valence-corrected chi connectivity index (χ3v) is 2.87. The van der Waals surface area contributed by atoms with E-state index in [1.165, 1.54) is 12.8 Å². The van der Waals surface area contributed by atoms with E-state index in [0.717, 1.165) is 13.1 Å². The predicted octanol–water partition coefficient (Wildman–Crippen LogP) is 1.78. The summed E-state index contributed by atoms with van der Waals surface area (Å²) in [6.07, 6.45) is 2.47. The Morgan fingerprint density at radius 3 is 2.12 bits per heavy atom. The van der Waals surface area contributed by atoms with E-state index in [1.807, 2.05) is 20.8 Å². The number of carbonyl (C=O) groups is 1. The largest absolute Gasteiger partial charge is 0.341 e. The summed E-state index contributed by atoms with van der Waals surface area (Å²) >= 11 is 0. The van der Waals surface area contributed by atoms with E-state index in [9.17, 15) is 4.79 Å². The fraction of sp³-hybridized carbons (Fsp3) is 0.786. The number of rotatable bonds is 1. The van der Waals surface area contributed by atoms with Crippen molar-refractivity contribution in [1.29, 1.82) is 0 Å². The van der Waals surface area contributed by atoms with Crippen molar-refractivity contribution >= 4 is 5.91 Å². The molecule has 0 radical (unpaired) electrons. The summed E-state index contributed by atoms with van der Waals surface area (Å²) in [4.78, 5) is 14.0. The van der Waals surface area contributed by atoms with E-state index in [2.05, 4.69) is 35.9 Å². The first-order chi connectivity index (χ1) is 7.71. The topological polar surface area (TPSA) is 32.3 Å². The summed E-state index contributed by atoms with van der Waals surface area (Å²) in [5, 5.41) is 2.85. The van der Waals surface area contributed by atoms with Gasteiger partial charge in [0.25, 0.3) is 5.91 Å². The van der Waals surface area contributed by atoms with Gasteiger partial charge in [-0.2, -0.15) is 0 Å². The van der Waals surface area contributed by atoms with Crippen LogP contribution < -0.4 is 5.32 Å². The molecule has 1 aliphatic rings. The minimum Gasteiger partial charge on any atom is -0.341 e. The third-order valence-electron chi connectivity index (χ3n) is 2.87. The second-order valence-corrected chi connectivity index (χ2v) is 6.21. The van der Waals surface area contributed by atoms with Crippen LogP contribution in [0.25, 0.3) is 0 Å². The van der Waals surface area contributed by atoms with Gasteiger partial charge in [0.1, 0.15) is 0 Å². The molecular weight excluding hydrogens is 212 g/mol. The van der Waals surface area contributed by atoms with E-state index < -0.39 is 0 Å². The fourth-order valence-corrected chi connectivity index (χ4v) is 1.94. The van der Waals surface area contributed by atoms with Crippen LogP contribution in [-0.4, -0.2) is 35.0 Å². The van der Waals surface area contributed by atoms with Crippen LogP contribution in [0, 0.1) is 11.8 Å². The Bertz CT molecular complexity index is 335. The second-order valence-electron chi connectivity index (χ2n) is 6.21. The Balaban J connectivity index is 2.60. The molecule has 0 atom stereocenters. The summed E-state index contributed by atoms with van der Waals surface area (Å²) < 4.78 is 0. The maximum absolute atomic E-state index is 11.6. The Labute approximate surface area is 105 Å². The molecule has 0 unspecified atom stereocenters. The molecule has 0 saturated carbocycles. The van der Waals surface area contributed by atoms with Crippen LogP contribution in [-0.2, 0) is 4.79 Å². The van der Waals surface area contributed by atoms with Gasteiger partial charge in [-0.05, 0) is 66.5 Å². The summed E-state index contributed by atoms with van der Waals surface area (Å²) in [6, 6.07) is 0. The van der Waals surface area contributed by atoms with Crippen molar-refractivity contribution < 1.29 is 4.79 Å². The summed E-state index contributed by atoms with van der Waals surface area (Å²) in [5.74, 6) is 5.61. The number of carbonyl (C=O) groups excluding carboxylic acids is 1. The highest BCUT2D eigenvalue weighted by Gasteiger charge is 2.27. The highest BCUT2D eigenvalue weighted by Crippen LogP contribution is 2.19. The standard InChI is InChI=1S/C14H24N2O/c1-13(2,3)15-12(17)8-9-14(4,5)16-10-6-7-11-16/h6-7,10-11H2,1-5H3,(H,15,17). The molecule has 0 aliphatic carbocycles. The maximum atomic E-state index is 11.6. The molecule has 3 nitrogen and oxygen atoms in total. The van der Waals surface area contributed by atoms with Gasteiger partial charge in [-0.1, -0.05) is 5.92 Å². The van der Waals surface area contributed by atoms with E-state index >= 15 is 0 Å². The number of hydrogen-bond donors (Lipinski definition) is 1. The van der Waals surface area contributed by atoms with Gasteiger partial charge in [0.15, 0.2) is 0 Å². The molecular formula is C14H24N2O. The van der Waals surface area contributed by atoms with E-state index in [0.29, 0.717) is 0 Å². The lowest BCUT2D eigenvalue weighted by atomic mass is 10.0. The van der Waals surface area contributed by atoms with Crippen molar-refractivity contribution in [3.05, 3.63) is 0 Å². The molecule has 1 N–H and O–H groups in total. The molecule has 17 heavy (non-hydrogen) atoms. The van der Waals surface area contributed by atoms with Gasteiger partial charge in [-0.25, -0.2) is 0 Å². The molecule has 1 heterocycles. The highest BCUT2D eigenvalue weighted by molar-refractivity contribution is 5.94. The highest BCUT2D eigenvalue weighted by atomic mass is 16.1. The molecule has 0 aromatic carbocycles. The molecule has 1 fully saturated rings. The SMILES string of the molecule is CC(C)(C)NC(=O)C#CC(C)(C)N1CCCC1. The fourth-order valence-electron chi connectivity index (χ4n) is 1.94. The summed E-state index contributed by atoms with van der Waals surface area (Å²) in [5.41, 5.74) is -0.421. The van der Waals surface area contributed by atoms with Gasteiger partial charge in [0.05, 0.1) is 5.54 Å². The zero-order valence-electron chi connectivity index (χ0n) is 11.7. The zero-order chi connectivity index (χ0) is 13.1. The Hall–Kier alpha value is -1.01. The van der Waals surface area contributed by atoms with Crippen LogP contribution in [0.2, 0.25) is 0 Å². The van der Waals surface area contributed by atoms with Crippen LogP contribution in [0.15, 0.2) is 0 Å². The van der Waals surface area contributed by atoms with Gasteiger partial charge in [0.2, 0.25) is 0 Å². The molecule has 1 saturated heterocycles. The quantitative estimate of drug-likeness (QED) is 0.704. The first kappa shape index (κ1) is 14.1. The van der Waals surface area contributed by atoms with Gasteiger partial charge >= 0.3 is 0 Å². The Morgan fingerprint density at radius 1 is 1.12 bits per heavy atom. The van der Waals surface area contributed by atoms with Gasteiger partial charge < -0.3 is 5.32 Å². The number of nitrogens with one attached hydrogen (secondary N) is 1. The van der Waals surface area contributed by atoms with Crippen LogP contribution in [0.1, 0.15) is 47.5 Å². The number of amides is 1. The molecule has 0 aromatic rings. The molecule has 0 aromatic heterocycles. The van der Waals surface area contributed by atoms with E-state index in [-0.39, 0.29) is 17.0 Å². The smallest absolute Gasteiger partial charge is 0.296 e. The molecule has 96 valence electrons. The molecule has 3 heteroatoms. The second kappa shape index (κ2) is 5.10. The average molecular weight is 236 g/mol. The summed E-state index contributed by atoms with van der Waals surface area (Å²) in [7, 11) is 0. The summed E-state index contributed by atoms with van der Waals surface area (Å²) in [6.45, 7) is 12.2. The predicted molar refractivity (Wildman–Crippen MR) is 70.6 cm³/mol. The number of nitrogens with zero attached hydrogens (tertiary/aromatic N) is 1.